The van der Waals surface area contributed by atoms with E-state index in [9.17, 15) is 13.6 Å². The van der Waals surface area contributed by atoms with Crippen LogP contribution in [0.25, 0.3) is 0 Å². The summed E-state index contributed by atoms with van der Waals surface area (Å²) in [4.78, 5) is 11.6. The second-order valence-corrected chi connectivity index (χ2v) is 3.84. The van der Waals surface area contributed by atoms with Gasteiger partial charge in [0, 0.05) is 31.7 Å². The maximum absolute atomic E-state index is 12.3. The Kier molecular flexibility index (Phi) is 4.22. The topological polar surface area (TPSA) is 64.7 Å². The minimum absolute atomic E-state index is 0.0145. The van der Waals surface area contributed by atoms with Gasteiger partial charge < -0.3 is 5.32 Å². The fourth-order valence-corrected chi connectivity index (χ4v) is 1.53. The molecule has 2 rings (SSSR count). The van der Waals surface area contributed by atoms with Crippen LogP contribution >= 0.6 is 0 Å². The number of aromatic nitrogens is 4. The Morgan fingerprint density at radius 1 is 1.42 bits per heavy atom. The van der Waals surface area contributed by atoms with E-state index in [0.29, 0.717) is 24.2 Å². The van der Waals surface area contributed by atoms with Gasteiger partial charge in [-0.2, -0.15) is 19.0 Å². The van der Waals surface area contributed by atoms with Gasteiger partial charge in [0.25, 0.3) is 5.91 Å². The number of carbonyl (C=O) groups excluding carboxylic acids is 1. The molecular weight excluding hydrogens is 256 g/mol. The first-order chi connectivity index (χ1) is 9.16. The normalized spacial score (nSPS) is 10.9. The van der Waals surface area contributed by atoms with Crippen LogP contribution in [0.4, 0.5) is 8.78 Å². The molecule has 0 aliphatic carbocycles. The molecule has 8 heteroatoms. The number of alkyl halides is 2. The monoisotopic (exact) mass is 269 g/mol. The van der Waals surface area contributed by atoms with Crippen LogP contribution in [-0.4, -0.2) is 32.0 Å². The van der Waals surface area contributed by atoms with Crippen LogP contribution in [-0.2, 0) is 6.54 Å². The number of halogens is 2. The van der Waals surface area contributed by atoms with Crippen LogP contribution in [0.3, 0.4) is 0 Å². The third-order valence-corrected chi connectivity index (χ3v) is 2.45. The van der Waals surface area contributed by atoms with E-state index >= 15 is 0 Å². The van der Waals surface area contributed by atoms with Crippen molar-refractivity contribution in [2.24, 2.45) is 0 Å². The Morgan fingerprint density at radius 3 is 2.89 bits per heavy atom. The van der Waals surface area contributed by atoms with Gasteiger partial charge in [-0.05, 0) is 18.6 Å². The number of rotatable bonds is 6. The van der Waals surface area contributed by atoms with Crippen LogP contribution in [0, 0.1) is 0 Å². The van der Waals surface area contributed by atoms with E-state index in [1.165, 1.54) is 6.07 Å². The molecule has 19 heavy (non-hydrogen) atoms. The van der Waals surface area contributed by atoms with Crippen molar-refractivity contribution in [1.82, 2.24) is 24.9 Å². The summed E-state index contributed by atoms with van der Waals surface area (Å²) in [6, 6.07) is 3.07. The summed E-state index contributed by atoms with van der Waals surface area (Å²) in [5.74, 6) is -0.458. The maximum atomic E-state index is 12.3. The Labute approximate surface area is 108 Å². The molecule has 2 heterocycles. The van der Waals surface area contributed by atoms with E-state index in [2.05, 4.69) is 15.5 Å². The van der Waals surface area contributed by atoms with Crippen molar-refractivity contribution >= 4 is 5.91 Å². The highest BCUT2D eigenvalue weighted by molar-refractivity contribution is 5.92. The largest absolute Gasteiger partial charge is 0.351 e. The fourth-order valence-electron chi connectivity index (χ4n) is 1.53. The van der Waals surface area contributed by atoms with Gasteiger partial charge in [-0.1, -0.05) is 0 Å². The first-order valence-electron chi connectivity index (χ1n) is 5.76. The molecule has 1 amide bonds. The van der Waals surface area contributed by atoms with E-state index in [-0.39, 0.29) is 5.69 Å². The third kappa shape index (κ3) is 3.60. The van der Waals surface area contributed by atoms with Crippen molar-refractivity contribution in [2.45, 2.75) is 19.5 Å². The van der Waals surface area contributed by atoms with Gasteiger partial charge in [-0.15, -0.1) is 0 Å². The summed E-state index contributed by atoms with van der Waals surface area (Å²) in [5.41, 5.74) is -0.0145. The molecule has 0 fully saturated rings. The van der Waals surface area contributed by atoms with Crippen molar-refractivity contribution in [3.05, 3.63) is 36.4 Å². The SMILES string of the molecule is O=C(NCCCn1cccn1)c1ccn(C(F)F)n1. The predicted molar refractivity (Wildman–Crippen MR) is 62.7 cm³/mol. The van der Waals surface area contributed by atoms with Gasteiger partial charge in [0.05, 0.1) is 0 Å². The summed E-state index contributed by atoms with van der Waals surface area (Å²) < 4.78 is 26.7. The predicted octanol–water partition coefficient (Wildman–Crippen LogP) is 1.29. The summed E-state index contributed by atoms with van der Waals surface area (Å²) in [5, 5.41) is 10.1. The smallest absolute Gasteiger partial charge is 0.333 e. The van der Waals surface area contributed by atoms with Crippen molar-refractivity contribution < 1.29 is 13.6 Å². The minimum atomic E-state index is -2.73. The van der Waals surface area contributed by atoms with E-state index in [1.807, 2.05) is 12.3 Å². The van der Waals surface area contributed by atoms with Crippen LogP contribution in [0.15, 0.2) is 30.7 Å². The number of carbonyl (C=O) groups is 1. The van der Waals surface area contributed by atoms with Crippen molar-refractivity contribution in [3.63, 3.8) is 0 Å². The zero-order valence-corrected chi connectivity index (χ0v) is 10.0. The van der Waals surface area contributed by atoms with Crippen LogP contribution in [0.1, 0.15) is 23.5 Å². The first-order valence-corrected chi connectivity index (χ1v) is 5.76. The lowest BCUT2D eigenvalue weighted by Crippen LogP contribution is -2.26. The van der Waals surface area contributed by atoms with Gasteiger partial charge in [-0.3, -0.25) is 9.48 Å². The average molecular weight is 269 g/mol. The number of nitrogens with zero attached hydrogens (tertiary/aromatic N) is 4. The lowest BCUT2D eigenvalue weighted by atomic mass is 10.3. The van der Waals surface area contributed by atoms with Crippen molar-refractivity contribution in [2.75, 3.05) is 6.54 Å². The molecule has 1 N–H and O–H groups in total. The standard InChI is InChI=1S/C11H13F2N5O/c12-11(13)18-8-3-9(16-18)10(19)14-4-1-6-17-7-2-5-15-17/h2-3,5,7-8,11H,1,4,6H2,(H,14,19). The molecule has 0 aliphatic heterocycles. The zero-order valence-electron chi connectivity index (χ0n) is 10.0. The Bertz CT molecular complexity index is 523. The molecule has 0 atom stereocenters. The van der Waals surface area contributed by atoms with Crippen LogP contribution in [0.2, 0.25) is 0 Å². The molecule has 0 spiro atoms. The number of amides is 1. The molecule has 0 saturated carbocycles. The molecule has 0 aromatic carbocycles. The molecular formula is C11H13F2N5O. The highest BCUT2D eigenvalue weighted by Crippen LogP contribution is 2.08. The van der Waals surface area contributed by atoms with Gasteiger partial charge in [0.1, 0.15) is 5.69 Å². The van der Waals surface area contributed by atoms with Gasteiger partial charge in [0.2, 0.25) is 0 Å². The summed E-state index contributed by atoms with van der Waals surface area (Å²) in [7, 11) is 0. The number of aryl methyl sites for hydroxylation is 1. The zero-order chi connectivity index (χ0) is 13.7. The average Bonchev–Trinajstić information content (AvgIpc) is 3.05. The highest BCUT2D eigenvalue weighted by Gasteiger charge is 2.12. The van der Waals surface area contributed by atoms with Crippen molar-refractivity contribution in [3.8, 4) is 0 Å². The van der Waals surface area contributed by atoms with Gasteiger partial charge in [-0.25, -0.2) is 4.68 Å². The number of hydrogen-bond acceptors (Lipinski definition) is 3. The second kappa shape index (κ2) is 6.07. The molecule has 0 unspecified atom stereocenters. The molecule has 102 valence electrons. The summed E-state index contributed by atoms with van der Waals surface area (Å²) in [6.45, 7) is -1.62. The molecule has 0 saturated heterocycles. The molecule has 2 aromatic heterocycles. The van der Waals surface area contributed by atoms with Gasteiger partial charge >= 0.3 is 6.55 Å². The Hall–Kier alpha value is -2.25. The van der Waals surface area contributed by atoms with Gasteiger partial charge in [0.15, 0.2) is 0 Å². The minimum Gasteiger partial charge on any atom is -0.351 e. The molecule has 0 aliphatic rings. The molecule has 0 bridgehead atoms. The summed E-state index contributed by atoms with van der Waals surface area (Å²) in [6.07, 6.45) is 5.27. The molecule has 0 radical (unpaired) electrons. The first kappa shape index (κ1) is 13.2. The maximum Gasteiger partial charge on any atom is 0.333 e. The lowest BCUT2D eigenvalue weighted by Gasteiger charge is -2.03. The fraction of sp³-hybridized carbons (Fsp3) is 0.364. The lowest BCUT2D eigenvalue weighted by molar-refractivity contribution is 0.0560. The van der Waals surface area contributed by atoms with Crippen molar-refractivity contribution in [1.29, 1.82) is 0 Å². The number of nitrogens with one attached hydrogen (secondary N) is 1. The molecule has 2 aromatic rings. The summed E-state index contributed by atoms with van der Waals surface area (Å²) >= 11 is 0. The number of hydrogen-bond donors (Lipinski definition) is 1. The molecule has 6 nitrogen and oxygen atoms in total. The second-order valence-electron chi connectivity index (χ2n) is 3.84. The Morgan fingerprint density at radius 2 is 2.26 bits per heavy atom. The van der Waals surface area contributed by atoms with E-state index in [0.717, 1.165) is 6.20 Å². The quantitative estimate of drug-likeness (QED) is 0.804. The van der Waals surface area contributed by atoms with Crippen LogP contribution in [0.5, 0.6) is 0 Å². The van der Waals surface area contributed by atoms with E-state index < -0.39 is 12.5 Å². The van der Waals surface area contributed by atoms with E-state index in [1.54, 1.807) is 10.9 Å². The highest BCUT2D eigenvalue weighted by atomic mass is 19.3. The Balaban J connectivity index is 1.74. The van der Waals surface area contributed by atoms with Crippen LogP contribution < -0.4 is 5.32 Å². The van der Waals surface area contributed by atoms with E-state index in [4.69, 9.17) is 0 Å². The third-order valence-electron chi connectivity index (χ3n) is 2.45.